The summed E-state index contributed by atoms with van der Waals surface area (Å²) in [5, 5.41) is 3.33. The molecule has 0 radical (unpaired) electrons. The van der Waals surface area contributed by atoms with Crippen molar-refractivity contribution in [1.29, 1.82) is 0 Å². The van der Waals surface area contributed by atoms with Crippen LogP contribution in [0.5, 0.6) is 0 Å². The van der Waals surface area contributed by atoms with E-state index in [2.05, 4.69) is 17.0 Å². The molecule has 1 atom stereocenters. The normalized spacial score (nSPS) is 13.4. The molecule has 0 aliphatic carbocycles. The summed E-state index contributed by atoms with van der Waals surface area (Å²) in [6.07, 6.45) is 2.75. The molecule has 0 aliphatic heterocycles. The Morgan fingerprint density at radius 1 is 1.21 bits per heavy atom. The summed E-state index contributed by atoms with van der Waals surface area (Å²) >= 11 is 0. The summed E-state index contributed by atoms with van der Waals surface area (Å²) in [4.78, 5) is 0. The first-order valence-corrected chi connectivity index (χ1v) is 8.25. The van der Waals surface area contributed by atoms with Gasteiger partial charge in [-0.15, -0.1) is 0 Å². The molecule has 0 aromatic heterocycles. The van der Waals surface area contributed by atoms with Crippen molar-refractivity contribution in [2.75, 3.05) is 19.3 Å². The van der Waals surface area contributed by atoms with Gasteiger partial charge in [0.2, 0.25) is 10.0 Å². The summed E-state index contributed by atoms with van der Waals surface area (Å²) in [6, 6.07) is 6.60. The van der Waals surface area contributed by atoms with Crippen molar-refractivity contribution < 1.29 is 12.8 Å². The van der Waals surface area contributed by atoms with Crippen LogP contribution in [0.2, 0.25) is 0 Å². The Kier molecular flexibility index (Phi) is 6.41. The Morgan fingerprint density at radius 3 is 2.37 bits per heavy atom. The SMILES string of the molecule is CCC(NCCCNS(C)(=O)=O)c1ccc(F)cc1. The van der Waals surface area contributed by atoms with Gasteiger partial charge in [0.05, 0.1) is 6.26 Å². The zero-order valence-corrected chi connectivity index (χ0v) is 12.1. The van der Waals surface area contributed by atoms with Crippen molar-refractivity contribution in [2.45, 2.75) is 25.8 Å². The number of benzene rings is 1. The van der Waals surface area contributed by atoms with Crippen LogP contribution in [0.25, 0.3) is 0 Å². The Balaban J connectivity index is 2.35. The van der Waals surface area contributed by atoms with Gasteiger partial charge in [0, 0.05) is 12.6 Å². The zero-order chi connectivity index (χ0) is 14.3. The highest BCUT2D eigenvalue weighted by Crippen LogP contribution is 2.16. The third-order valence-electron chi connectivity index (χ3n) is 2.79. The number of halogens is 1. The average Bonchev–Trinajstić information content (AvgIpc) is 2.34. The Morgan fingerprint density at radius 2 is 1.84 bits per heavy atom. The minimum absolute atomic E-state index is 0.166. The van der Waals surface area contributed by atoms with E-state index in [0.717, 1.165) is 18.2 Å². The molecule has 0 saturated carbocycles. The van der Waals surface area contributed by atoms with Gasteiger partial charge in [-0.3, -0.25) is 0 Å². The highest BCUT2D eigenvalue weighted by atomic mass is 32.2. The number of hydrogen-bond donors (Lipinski definition) is 2. The second-order valence-corrected chi connectivity index (χ2v) is 6.32. The average molecular weight is 288 g/mol. The maximum absolute atomic E-state index is 12.8. The molecule has 0 heterocycles. The standard InChI is InChI=1S/C13H21FN2O2S/c1-3-13(11-5-7-12(14)8-6-11)15-9-4-10-16-19(2,17)18/h5-8,13,15-16H,3-4,9-10H2,1-2H3. The van der Waals surface area contributed by atoms with Gasteiger partial charge in [-0.1, -0.05) is 19.1 Å². The van der Waals surface area contributed by atoms with Gasteiger partial charge in [0.1, 0.15) is 5.82 Å². The zero-order valence-electron chi connectivity index (χ0n) is 11.3. The van der Waals surface area contributed by atoms with E-state index in [1.54, 1.807) is 12.1 Å². The summed E-state index contributed by atoms with van der Waals surface area (Å²) in [5.41, 5.74) is 1.04. The molecule has 4 nitrogen and oxygen atoms in total. The molecule has 0 saturated heterocycles. The van der Waals surface area contributed by atoms with E-state index >= 15 is 0 Å². The topological polar surface area (TPSA) is 58.2 Å². The molecular formula is C13H21FN2O2S. The summed E-state index contributed by atoms with van der Waals surface area (Å²) in [7, 11) is -3.11. The molecule has 0 fully saturated rings. The van der Waals surface area contributed by atoms with Gasteiger partial charge < -0.3 is 5.32 Å². The van der Waals surface area contributed by atoms with Crippen LogP contribution in [-0.2, 0) is 10.0 Å². The maximum Gasteiger partial charge on any atom is 0.208 e. The van der Waals surface area contributed by atoms with Gasteiger partial charge in [-0.25, -0.2) is 17.5 Å². The van der Waals surface area contributed by atoms with E-state index in [1.807, 2.05) is 0 Å². The molecule has 0 bridgehead atoms. The van der Waals surface area contributed by atoms with Gasteiger partial charge in [0.15, 0.2) is 0 Å². The predicted octanol–water partition coefficient (Wildman–Crippen LogP) is 1.81. The smallest absolute Gasteiger partial charge is 0.208 e. The van der Waals surface area contributed by atoms with Crippen molar-refractivity contribution in [3.8, 4) is 0 Å². The van der Waals surface area contributed by atoms with Gasteiger partial charge in [-0.2, -0.15) is 0 Å². The molecule has 1 rings (SSSR count). The monoisotopic (exact) mass is 288 g/mol. The summed E-state index contributed by atoms with van der Waals surface area (Å²) in [5.74, 6) is -0.240. The molecule has 1 aromatic rings. The van der Waals surface area contributed by atoms with Crippen LogP contribution in [-0.4, -0.2) is 27.8 Å². The van der Waals surface area contributed by atoms with Crippen LogP contribution in [0.15, 0.2) is 24.3 Å². The van der Waals surface area contributed by atoms with Crippen molar-refractivity contribution in [1.82, 2.24) is 10.0 Å². The summed E-state index contributed by atoms with van der Waals surface area (Å²) < 4.78 is 37.0. The molecular weight excluding hydrogens is 267 g/mol. The fourth-order valence-electron chi connectivity index (χ4n) is 1.82. The van der Waals surface area contributed by atoms with Crippen LogP contribution >= 0.6 is 0 Å². The molecule has 6 heteroatoms. The lowest BCUT2D eigenvalue weighted by atomic mass is 10.0. The molecule has 108 valence electrons. The Hall–Kier alpha value is -0.980. The first kappa shape index (κ1) is 16.1. The lowest BCUT2D eigenvalue weighted by molar-refractivity contribution is 0.506. The Labute approximate surface area is 114 Å². The highest BCUT2D eigenvalue weighted by molar-refractivity contribution is 7.88. The van der Waals surface area contributed by atoms with E-state index in [9.17, 15) is 12.8 Å². The third-order valence-corrected chi connectivity index (χ3v) is 3.52. The van der Waals surface area contributed by atoms with E-state index in [-0.39, 0.29) is 11.9 Å². The lowest BCUT2D eigenvalue weighted by Crippen LogP contribution is -2.28. The lowest BCUT2D eigenvalue weighted by Gasteiger charge is -2.17. The van der Waals surface area contributed by atoms with Crippen molar-refractivity contribution in [3.63, 3.8) is 0 Å². The van der Waals surface area contributed by atoms with Gasteiger partial charge in [0.25, 0.3) is 0 Å². The minimum atomic E-state index is -3.11. The quantitative estimate of drug-likeness (QED) is 0.717. The van der Waals surface area contributed by atoms with Gasteiger partial charge in [-0.05, 0) is 37.1 Å². The first-order chi connectivity index (χ1) is 8.92. The molecule has 2 N–H and O–H groups in total. The molecule has 1 aromatic carbocycles. The van der Waals surface area contributed by atoms with Crippen molar-refractivity contribution >= 4 is 10.0 Å². The number of hydrogen-bond acceptors (Lipinski definition) is 3. The first-order valence-electron chi connectivity index (χ1n) is 6.36. The fraction of sp³-hybridized carbons (Fsp3) is 0.538. The third kappa shape index (κ3) is 6.66. The minimum Gasteiger partial charge on any atom is -0.310 e. The van der Waals surface area contributed by atoms with Crippen LogP contribution in [0.4, 0.5) is 4.39 Å². The van der Waals surface area contributed by atoms with E-state index in [1.165, 1.54) is 12.1 Å². The molecule has 0 spiro atoms. The maximum atomic E-state index is 12.8. The fourth-order valence-corrected chi connectivity index (χ4v) is 2.33. The van der Waals surface area contributed by atoms with E-state index in [4.69, 9.17) is 0 Å². The molecule has 19 heavy (non-hydrogen) atoms. The molecule has 0 aliphatic rings. The van der Waals surface area contributed by atoms with E-state index < -0.39 is 10.0 Å². The highest BCUT2D eigenvalue weighted by Gasteiger charge is 2.08. The van der Waals surface area contributed by atoms with Crippen LogP contribution < -0.4 is 10.0 Å². The largest absolute Gasteiger partial charge is 0.310 e. The van der Waals surface area contributed by atoms with Crippen molar-refractivity contribution in [3.05, 3.63) is 35.6 Å². The molecule has 0 amide bonds. The Bertz CT molecular complexity index is 474. The van der Waals surface area contributed by atoms with Crippen molar-refractivity contribution in [2.24, 2.45) is 0 Å². The predicted molar refractivity (Wildman–Crippen MR) is 74.9 cm³/mol. The van der Waals surface area contributed by atoms with Crippen LogP contribution in [0, 0.1) is 5.82 Å². The second-order valence-electron chi connectivity index (χ2n) is 4.49. The van der Waals surface area contributed by atoms with Crippen LogP contribution in [0.3, 0.4) is 0 Å². The van der Waals surface area contributed by atoms with E-state index in [0.29, 0.717) is 19.5 Å². The second kappa shape index (κ2) is 7.57. The summed E-state index contributed by atoms with van der Waals surface area (Å²) in [6.45, 7) is 3.18. The molecule has 1 unspecified atom stereocenters. The number of nitrogens with one attached hydrogen (secondary N) is 2. The number of sulfonamides is 1. The van der Waals surface area contributed by atoms with Gasteiger partial charge >= 0.3 is 0 Å². The number of rotatable bonds is 8. The van der Waals surface area contributed by atoms with Crippen LogP contribution in [0.1, 0.15) is 31.4 Å².